The molecule has 1 aromatic rings. The number of nitrogens with two attached hydrogens (primary N) is 1. The largest absolute Gasteiger partial charge is 0.384 e. The van der Waals surface area contributed by atoms with Gasteiger partial charge in [0.25, 0.3) is 0 Å². The van der Waals surface area contributed by atoms with Gasteiger partial charge in [0.05, 0.1) is 1.37 Å². The molecular weight excluding hydrogens is 90.1 g/mol. The molecule has 2 N–H and O–H groups in total. The second kappa shape index (κ2) is 1.55. The van der Waals surface area contributed by atoms with Crippen LogP contribution >= 0.6 is 0 Å². The third kappa shape index (κ3) is 0.855. The summed E-state index contributed by atoms with van der Waals surface area (Å²) in [6.45, 7) is 0. The highest BCUT2D eigenvalue weighted by atomic mass is 14.9. The van der Waals surface area contributed by atoms with Crippen molar-refractivity contribution in [1.82, 2.24) is 9.97 Å². The van der Waals surface area contributed by atoms with E-state index in [9.17, 15) is 0 Å². The summed E-state index contributed by atoms with van der Waals surface area (Å²) in [7, 11) is 0. The van der Waals surface area contributed by atoms with Crippen LogP contribution in [0, 0.1) is 0 Å². The molecule has 1 rings (SSSR count). The molecule has 0 saturated carbocycles. The Morgan fingerprint density at radius 2 is 2.71 bits per heavy atom. The molecule has 0 aliphatic heterocycles. The van der Waals surface area contributed by atoms with Gasteiger partial charge in [-0.15, -0.1) is 0 Å². The average molecular weight is 96.1 g/mol. The fourth-order valence-corrected chi connectivity index (χ4v) is 0.270. The van der Waals surface area contributed by atoms with Crippen LogP contribution in [0.15, 0.2) is 18.6 Å². The minimum Gasteiger partial charge on any atom is -0.384 e. The van der Waals surface area contributed by atoms with E-state index < -0.39 is 0 Å². The van der Waals surface area contributed by atoms with Crippen LogP contribution in [0.4, 0.5) is 5.82 Å². The monoisotopic (exact) mass is 96.1 g/mol. The minimum atomic E-state index is 0.174. The Kier molecular flexibility index (Phi) is 0.656. The highest BCUT2D eigenvalue weighted by Crippen LogP contribution is 1.85. The van der Waals surface area contributed by atoms with Crippen molar-refractivity contribution in [3.8, 4) is 0 Å². The molecular formula is C4H5N3. The number of nitrogens with zero attached hydrogens (tertiary/aromatic N) is 2. The van der Waals surface area contributed by atoms with Crippen LogP contribution in [0.1, 0.15) is 1.37 Å². The summed E-state index contributed by atoms with van der Waals surface area (Å²) in [6, 6.07) is 0.174. The van der Waals surface area contributed by atoms with Gasteiger partial charge in [-0.1, -0.05) is 0 Å². The molecule has 0 fully saturated rings. The molecule has 3 nitrogen and oxygen atoms in total. The van der Waals surface area contributed by atoms with Crippen LogP contribution in [0.3, 0.4) is 0 Å². The molecule has 0 aliphatic carbocycles. The number of rotatable bonds is 0. The summed E-state index contributed by atoms with van der Waals surface area (Å²) in [5, 5.41) is 0. The van der Waals surface area contributed by atoms with Gasteiger partial charge in [-0.3, -0.25) is 0 Å². The lowest BCUT2D eigenvalue weighted by Gasteiger charge is -1.82. The van der Waals surface area contributed by atoms with E-state index in [0.717, 1.165) is 0 Å². The summed E-state index contributed by atoms with van der Waals surface area (Å²) < 4.78 is 6.97. The van der Waals surface area contributed by atoms with E-state index in [2.05, 4.69) is 9.97 Å². The van der Waals surface area contributed by atoms with Crippen molar-refractivity contribution in [3.05, 3.63) is 18.6 Å². The summed E-state index contributed by atoms with van der Waals surface area (Å²) in [5.41, 5.74) is 5.18. The average Bonchev–Trinajstić information content (AvgIpc) is 1.77. The topological polar surface area (TPSA) is 51.8 Å². The van der Waals surface area contributed by atoms with Crippen LogP contribution in [-0.2, 0) is 0 Å². The molecule has 1 aromatic heterocycles. The van der Waals surface area contributed by atoms with Crippen molar-refractivity contribution in [2.45, 2.75) is 0 Å². The van der Waals surface area contributed by atoms with E-state index in [0.29, 0.717) is 0 Å². The lowest BCUT2D eigenvalue weighted by Crippen LogP contribution is -1.87. The summed E-state index contributed by atoms with van der Waals surface area (Å²) in [5.74, 6) is 0.222. The molecule has 7 heavy (non-hydrogen) atoms. The van der Waals surface area contributed by atoms with Crippen molar-refractivity contribution in [2.24, 2.45) is 0 Å². The van der Waals surface area contributed by atoms with E-state index in [-0.39, 0.29) is 11.9 Å². The zero-order valence-corrected chi connectivity index (χ0v) is 3.63. The molecule has 1 heterocycles. The van der Waals surface area contributed by atoms with Crippen LogP contribution in [0.2, 0.25) is 0 Å². The fourth-order valence-electron chi connectivity index (χ4n) is 0.270. The van der Waals surface area contributed by atoms with Gasteiger partial charge in [0.2, 0.25) is 0 Å². The normalized spacial score (nSPS) is 10.6. The second-order valence-electron chi connectivity index (χ2n) is 1.05. The lowest BCUT2D eigenvalue weighted by atomic mass is 10.6. The molecule has 0 radical (unpaired) electrons. The van der Waals surface area contributed by atoms with Gasteiger partial charge in [0, 0.05) is 6.20 Å². The van der Waals surface area contributed by atoms with Gasteiger partial charge < -0.3 is 5.73 Å². The summed E-state index contributed by atoms with van der Waals surface area (Å²) >= 11 is 0. The quantitative estimate of drug-likeness (QED) is 0.496. The predicted molar refractivity (Wildman–Crippen MR) is 26.4 cm³/mol. The van der Waals surface area contributed by atoms with Gasteiger partial charge >= 0.3 is 0 Å². The maximum absolute atomic E-state index is 6.97. The third-order valence-electron chi connectivity index (χ3n) is 0.550. The highest BCUT2D eigenvalue weighted by Gasteiger charge is 1.74. The van der Waals surface area contributed by atoms with Crippen LogP contribution < -0.4 is 5.73 Å². The summed E-state index contributed by atoms with van der Waals surface area (Å²) in [4.78, 5) is 7.12. The molecule has 3 heteroatoms. The van der Waals surface area contributed by atoms with Crippen LogP contribution in [-0.4, -0.2) is 9.97 Å². The minimum absolute atomic E-state index is 0.174. The van der Waals surface area contributed by atoms with Gasteiger partial charge in [0.1, 0.15) is 12.1 Å². The van der Waals surface area contributed by atoms with E-state index >= 15 is 0 Å². The highest BCUT2D eigenvalue weighted by molar-refractivity contribution is 5.22. The van der Waals surface area contributed by atoms with Gasteiger partial charge in [0.15, 0.2) is 0 Å². The number of aromatic nitrogens is 2. The zero-order chi connectivity index (χ0) is 5.98. The van der Waals surface area contributed by atoms with E-state index in [1.807, 2.05) is 0 Å². The number of hydrogen-bond acceptors (Lipinski definition) is 3. The lowest BCUT2D eigenvalue weighted by molar-refractivity contribution is 1.18. The fraction of sp³-hybridized carbons (Fsp3) is 0. The van der Waals surface area contributed by atoms with E-state index in [4.69, 9.17) is 7.10 Å². The molecule has 0 amide bonds. The Morgan fingerprint density at radius 1 is 1.86 bits per heavy atom. The molecule has 0 bridgehead atoms. The van der Waals surface area contributed by atoms with Crippen molar-refractivity contribution in [1.29, 1.82) is 0 Å². The van der Waals surface area contributed by atoms with Crippen LogP contribution in [0.25, 0.3) is 0 Å². The van der Waals surface area contributed by atoms with Crippen molar-refractivity contribution >= 4 is 5.82 Å². The molecule has 0 spiro atoms. The first kappa shape index (κ1) is 2.96. The number of nitrogen functional groups attached to an aromatic ring is 1. The van der Waals surface area contributed by atoms with Gasteiger partial charge in [-0.25, -0.2) is 9.97 Å². The smallest absolute Gasteiger partial charge is 0.126 e. The standard InChI is InChI=1S/C4H5N3/c5-4-1-2-6-3-7-4/h1-3H,(H2,5,6,7)/i1D. The summed E-state index contributed by atoms with van der Waals surface area (Å²) in [6.07, 6.45) is 2.66. The first-order chi connectivity index (χ1) is 3.80. The Bertz CT molecular complexity index is 167. The van der Waals surface area contributed by atoms with Gasteiger partial charge in [-0.2, -0.15) is 0 Å². The molecule has 0 unspecified atom stereocenters. The predicted octanol–water partition coefficient (Wildman–Crippen LogP) is 0.0588. The van der Waals surface area contributed by atoms with E-state index in [1.165, 1.54) is 12.5 Å². The Labute approximate surface area is 42.6 Å². The Hall–Kier alpha value is -1.12. The van der Waals surface area contributed by atoms with E-state index in [1.54, 1.807) is 0 Å². The molecule has 0 saturated heterocycles. The zero-order valence-electron chi connectivity index (χ0n) is 4.63. The van der Waals surface area contributed by atoms with Crippen LogP contribution in [0.5, 0.6) is 0 Å². The van der Waals surface area contributed by atoms with Crippen molar-refractivity contribution < 1.29 is 1.37 Å². The maximum atomic E-state index is 6.97. The SMILES string of the molecule is [2H]c1cncnc1N. The van der Waals surface area contributed by atoms with Gasteiger partial charge in [-0.05, 0) is 6.04 Å². The second-order valence-corrected chi connectivity index (χ2v) is 1.05. The molecule has 0 atom stereocenters. The number of hydrogen-bond donors (Lipinski definition) is 1. The molecule has 0 aromatic carbocycles. The Morgan fingerprint density at radius 3 is 3.14 bits per heavy atom. The first-order valence-electron chi connectivity index (χ1n) is 2.33. The van der Waals surface area contributed by atoms with Crippen molar-refractivity contribution in [3.63, 3.8) is 0 Å². The molecule has 36 valence electrons. The number of anilines is 1. The third-order valence-corrected chi connectivity index (χ3v) is 0.550. The maximum Gasteiger partial charge on any atom is 0.126 e. The Balaban J connectivity index is 3.13. The first-order valence-corrected chi connectivity index (χ1v) is 1.83. The molecule has 0 aliphatic rings. The van der Waals surface area contributed by atoms with Crippen molar-refractivity contribution in [2.75, 3.05) is 5.73 Å².